The van der Waals surface area contributed by atoms with E-state index in [1.54, 1.807) is 20.8 Å². The highest BCUT2D eigenvalue weighted by Gasteiger charge is 2.21. The second-order valence-electron chi connectivity index (χ2n) is 3.30. The summed E-state index contributed by atoms with van der Waals surface area (Å²) in [5.74, 6) is 0. The first-order valence-corrected chi connectivity index (χ1v) is 3.37. The van der Waals surface area contributed by atoms with Crippen LogP contribution in [0.4, 0.5) is 0 Å². The molecule has 10 heavy (non-hydrogen) atoms. The van der Waals surface area contributed by atoms with Crippen LogP contribution in [-0.2, 0) is 0 Å². The first kappa shape index (κ1) is 3.11. The van der Waals surface area contributed by atoms with E-state index in [4.69, 9.17) is 8.22 Å². The summed E-state index contributed by atoms with van der Waals surface area (Å²) in [5, 5.41) is 2.07. The maximum atomic E-state index is 7.81. The molecule has 0 amide bonds. The van der Waals surface area contributed by atoms with Crippen LogP contribution in [0.15, 0.2) is 0 Å². The van der Waals surface area contributed by atoms with Crippen LogP contribution in [0.1, 0.15) is 29.0 Å². The van der Waals surface area contributed by atoms with E-state index in [2.05, 4.69) is 5.32 Å². The molecule has 1 fully saturated rings. The van der Waals surface area contributed by atoms with Gasteiger partial charge in [0.2, 0.25) is 0 Å². The molecule has 0 aromatic carbocycles. The van der Waals surface area contributed by atoms with Gasteiger partial charge in [-0.15, -0.1) is 0 Å². The summed E-state index contributed by atoms with van der Waals surface area (Å²) in [6.07, 6.45) is 0. The van der Waals surface area contributed by atoms with E-state index >= 15 is 0 Å². The minimum atomic E-state index is -2.43. The Balaban J connectivity index is 3.16. The number of nitrogens with one attached hydrogen (secondary N) is 1. The van der Waals surface area contributed by atoms with E-state index in [-0.39, 0.29) is 6.54 Å². The molecule has 1 aliphatic heterocycles. The summed E-state index contributed by atoms with van der Waals surface area (Å²) < 4.78 is 46.0. The lowest BCUT2D eigenvalue weighted by Gasteiger charge is -2.38. The molecule has 1 N–H and O–H groups in total. The largest absolute Gasteiger partial charge is 0.314 e. The molecule has 0 aliphatic carbocycles. The molecule has 1 aliphatic rings. The Morgan fingerprint density at radius 3 is 2.70 bits per heavy atom. The van der Waals surface area contributed by atoms with Crippen molar-refractivity contribution in [1.29, 1.82) is 0 Å². The van der Waals surface area contributed by atoms with Gasteiger partial charge in [0, 0.05) is 39.8 Å². The monoisotopic (exact) mass is 148 g/mol. The first-order chi connectivity index (χ1) is 6.80. The van der Waals surface area contributed by atoms with Gasteiger partial charge < -0.3 is 5.32 Å². The Hall–Kier alpha value is -0.0800. The van der Waals surface area contributed by atoms with E-state index in [1.807, 2.05) is 0 Å². The van der Waals surface area contributed by atoms with Crippen LogP contribution in [0.2, 0.25) is 0 Å². The van der Waals surface area contributed by atoms with Gasteiger partial charge in [0.05, 0.1) is 0 Å². The molecule has 0 aromatic rings. The van der Waals surface area contributed by atoms with Crippen molar-refractivity contribution < 1.29 is 8.22 Å². The van der Waals surface area contributed by atoms with Crippen LogP contribution in [0, 0.1) is 0 Å². The van der Waals surface area contributed by atoms with Crippen molar-refractivity contribution in [3.8, 4) is 0 Å². The van der Waals surface area contributed by atoms with Crippen LogP contribution in [0.5, 0.6) is 0 Å². The second kappa shape index (κ2) is 2.89. The predicted octanol–water partition coefficient (Wildman–Crippen LogP) is 0.690. The Morgan fingerprint density at radius 2 is 2.10 bits per heavy atom. The third kappa shape index (κ3) is 1.96. The fourth-order valence-electron chi connectivity index (χ4n) is 0.703. The summed E-state index contributed by atoms with van der Waals surface area (Å²) in [7, 11) is 0. The van der Waals surface area contributed by atoms with Crippen LogP contribution in [-0.4, -0.2) is 36.5 Å². The second-order valence-corrected chi connectivity index (χ2v) is 3.30. The van der Waals surface area contributed by atoms with Crippen molar-refractivity contribution >= 4 is 0 Å². The van der Waals surface area contributed by atoms with Crippen molar-refractivity contribution in [2.45, 2.75) is 26.3 Å². The van der Waals surface area contributed by atoms with E-state index in [0.29, 0.717) is 0 Å². The normalized spacial score (nSPS) is 47.1. The molecule has 0 aromatic heterocycles. The molecule has 1 heterocycles. The van der Waals surface area contributed by atoms with Crippen molar-refractivity contribution in [3.63, 3.8) is 0 Å². The summed E-state index contributed by atoms with van der Waals surface area (Å²) in [5.41, 5.74) is -0.647. The highest BCUT2D eigenvalue weighted by Crippen LogP contribution is 2.12. The average Bonchev–Trinajstić information content (AvgIpc) is 1.93. The molecule has 0 spiro atoms. The maximum Gasteiger partial charge on any atom is 0.0444 e. The molecule has 0 saturated carbocycles. The van der Waals surface area contributed by atoms with E-state index in [1.165, 1.54) is 4.90 Å². The topological polar surface area (TPSA) is 15.3 Å². The van der Waals surface area contributed by atoms with E-state index in [9.17, 15) is 0 Å². The maximum absolute atomic E-state index is 7.81. The van der Waals surface area contributed by atoms with Crippen LogP contribution < -0.4 is 5.32 Å². The summed E-state index contributed by atoms with van der Waals surface area (Å²) >= 11 is 0. The summed E-state index contributed by atoms with van der Waals surface area (Å²) in [6.45, 7) is -1.60. The zero-order valence-corrected chi connectivity index (χ0v) is 6.65. The van der Waals surface area contributed by atoms with Gasteiger partial charge in [0.1, 0.15) is 0 Å². The molecule has 0 unspecified atom stereocenters. The highest BCUT2D eigenvalue weighted by molar-refractivity contribution is 4.79. The molecule has 2 nitrogen and oxygen atoms in total. The van der Waals surface area contributed by atoms with Crippen LogP contribution in [0.3, 0.4) is 0 Å². The molecule has 1 rings (SSSR count). The minimum absolute atomic E-state index is 0.191. The fourth-order valence-corrected chi connectivity index (χ4v) is 0.703. The molecular weight excluding hydrogens is 124 g/mol. The molecule has 60 valence electrons. The Morgan fingerprint density at radius 1 is 1.40 bits per heavy atom. The van der Waals surface area contributed by atoms with Gasteiger partial charge in [-0.25, -0.2) is 0 Å². The molecule has 0 radical (unpaired) electrons. The quantitative estimate of drug-likeness (QED) is 0.544. The third-order valence-electron chi connectivity index (χ3n) is 1.39. The van der Waals surface area contributed by atoms with Crippen LogP contribution in [0.25, 0.3) is 0 Å². The van der Waals surface area contributed by atoms with Crippen molar-refractivity contribution in [2.24, 2.45) is 0 Å². The van der Waals surface area contributed by atoms with Gasteiger partial charge in [-0.2, -0.15) is 0 Å². The Kier molecular flexibility index (Phi) is 0.899. The van der Waals surface area contributed by atoms with Gasteiger partial charge in [-0.1, -0.05) is 0 Å². The lowest BCUT2D eigenvalue weighted by atomic mass is 10.1. The van der Waals surface area contributed by atoms with Gasteiger partial charge in [0.25, 0.3) is 0 Å². The smallest absolute Gasteiger partial charge is 0.0444 e. The SMILES string of the molecule is [2H]C1([2H])CN(C(C)(C)C)C([2H])([2H])C([2H])([2H])N1. The molecule has 2 heteroatoms. The van der Waals surface area contributed by atoms with Gasteiger partial charge >= 0.3 is 0 Å². The number of hydrogen-bond donors (Lipinski definition) is 1. The Labute approximate surface area is 72.0 Å². The minimum Gasteiger partial charge on any atom is -0.314 e. The summed E-state index contributed by atoms with van der Waals surface area (Å²) in [6, 6.07) is 0. The van der Waals surface area contributed by atoms with Gasteiger partial charge in [0.15, 0.2) is 0 Å². The molecule has 0 atom stereocenters. The highest BCUT2D eigenvalue weighted by atomic mass is 15.2. The first-order valence-electron chi connectivity index (χ1n) is 6.37. The van der Waals surface area contributed by atoms with Gasteiger partial charge in [-0.3, -0.25) is 4.90 Å². The lowest BCUT2D eigenvalue weighted by molar-refractivity contribution is 0.119. The summed E-state index contributed by atoms with van der Waals surface area (Å²) in [4.78, 5) is 1.22. The Bertz CT molecular complexity index is 279. The average molecular weight is 148 g/mol. The standard InChI is InChI=1S/C8H18N2/c1-8(2,3)10-6-4-9-5-7-10/h9H,4-7H2,1-3H3/i4D2,5D2,6D2. The lowest BCUT2D eigenvalue weighted by Crippen LogP contribution is -2.51. The van der Waals surface area contributed by atoms with Crippen molar-refractivity contribution in [3.05, 3.63) is 0 Å². The van der Waals surface area contributed by atoms with Crippen molar-refractivity contribution in [2.75, 3.05) is 26.0 Å². The van der Waals surface area contributed by atoms with E-state index in [0.717, 1.165) is 0 Å². The zero-order valence-electron chi connectivity index (χ0n) is 12.7. The van der Waals surface area contributed by atoms with Crippen molar-refractivity contribution in [1.82, 2.24) is 10.2 Å². The molecule has 1 saturated heterocycles. The molecule has 0 bridgehead atoms. The number of hydrogen-bond acceptors (Lipinski definition) is 2. The number of rotatable bonds is 0. The van der Waals surface area contributed by atoms with Crippen LogP contribution >= 0.6 is 0 Å². The van der Waals surface area contributed by atoms with Gasteiger partial charge in [-0.05, 0) is 20.8 Å². The predicted molar refractivity (Wildman–Crippen MR) is 44.2 cm³/mol. The molecular formula is C8H18N2. The zero-order chi connectivity index (χ0) is 13.0. The third-order valence-corrected chi connectivity index (χ3v) is 1.39. The fraction of sp³-hybridized carbons (Fsp3) is 1.00. The van der Waals surface area contributed by atoms with E-state index < -0.39 is 25.0 Å². The number of nitrogens with zero attached hydrogens (tertiary/aromatic N) is 1. The number of piperazine rings is 1.